The number of nitrogens with two attached hydrogens (primary N) is 1. The fraction of sp³-hybridized carbons (Fsp3) is 0.529. The van der Waals surface area contributed by atoms with Crippen molar-refractivity contribution in [1.29, 1.82) is 0 Å². The number of carbonyl (C=O) groups excluding carboxylic acids is 2. The van der Waals surface area contributed by atoms with Crippen LogP contribution in [-0.2, 0) is 4.79 Å². The zero-order valence-electron chi connectivity index (χ0n) is 13.7. The van der Waals surface area contributed by atoms with Gasteiger partial charge in [-0.05, 0) is 50.4 Å². The van der Waals surface area contributed by atoms with E-state index in [0.29, 0.717) is 23.7 Å². The fourth-order valence-corrected chi connectivity index (χ4v) is 3.37. The number of benzene rings is 1. The molecule has 6 heteroatoms. The first-order chi connectivity index (χ1) is 11.0. The smallest absolute Gasteiger partial charge is 0.253 e. The highest BCUT2D eigenvalue weighted by molar-refractivity contribution is 6.05. The maximum absolute atomic E-state index is 12.7. The van der Waals surface area contributed by atoms with Crippen molar-refractivity contribution in [2.75, 3.05) is 36.9 Å². The number of anilines is 2. The molecule has 1 aromatic rings. The second-order valence-corrected chi connectivity index (χ2v) is 6.49. The van der Waals surface area contributed by atoms with Gasteiger partial charge in [-0.1, -0.05) is 0 Å². The molecule has 0 aliphatic carbocycles. The summed E-state index contributed by atoms with van der Waals surface area (Å²) in [5.41, 5.74) is 7.88. The lowest BCUT2D eigenvalue weighted by molar-refractivity contribution is -0.117. The predicted octanol–water partition coefficient (Wildman–Crippen LogP) is 1.27. The van der Waals surface area contributed by atoms with E-state index in [-0.39, 0.29) is 17.9 Å². The molecule has 1 saturated heterocycles. The van der Waals surface area contributed by atoms with Crippen molar-refractivity contribution in [2.24, 2.45) is 11.7 Å². The molecule has 2 heterocycles. The van der Waals surface area contributed by atoms with Crippen LogP contribution in [0.5, 0.6) is 0 Å². The third-order valence-electron chi connectivity index (χ3n) is 4.99. The molecule has 2 unspecified atom stereocenters. The van der Waals surface area contributed by atoms with Gasteiger partial charge >= 0.3 is 0 Å². The van der Waals surface area contributed by atoms with E-state index < -0.39 is 0 Å². The molecule has 2 atom stereocenters. The molecule has 0 bridgehead atoms. The van der Waals surface area contributed by atoms with Gasteiger partial charge in [-0.2, -0.15) is 0 Å². The van der Waals surface area contributed by atoms with Crippen LogP contribution in [0.3, 0.4) is 0 Å². The van der Waals surface area contributed by atoms with E-state index in [9.17, 15) is 9.59 Å². The summed E-state index contributed by atoms with van der Waals surface area (Å²) < 4.78 is 0. The molecular weight excluding hydrogens is 292 g/mol. The van der Waals surface area contributed by atoms with Gasteiger partial charge in [0.05, 0.1) is 11.4 Å². The van der Waals surface area contributed by atoms with Crippen molar-refractivity contribution >= 4 is 23.2 Å². The average Bonchev–Trinajstić information content (AvgIpc) is 3.00. The summed E-state index contributed by atoms with van der Waals surface area (Å²) in [7, 11) is 1.89. The predicted molar refractivity (Wildman–Crippen MR) is 90.6 cm³/mol. The van der Waals surface area contributed by atoms with Crippen LogP contribution in [0, 0.1) is 5.92 Å². The topological polar surface area (TPSA) is 78.7 Å². The van der Waals surface area contributed by atoms with Gasteiger partial charge < -0.3 is 20.9 Å². The summed E-state index contributed by atoms with van der Waals surface area (Å²) in [6.07, 6.45) is 1.98. The molecule has 0 radical (unpaired) electrons. The first-order valence-electron chi connectivity index (χ1n) is 8.18. The fourth-order valence-electron chi connectivity index (χ4n) is 3.37. The minimum Gasteiger partial charge on any atom is -0.361 e. The molecule has 6 nitrogen and oxygen atoms in total. The quantitative estimate of drug-likeness (QED) is 0.880. The van der Waals surface area contributed by atoms with Crippen LogP contribution in [0.1, 0.15) is 30.1 Å². The number of amides is 2. The maximum Gasteiger partial charge on any atom is 0.253 e. The molecule has 1 aromatic carbocycles. The normalized spacial score (nSPS) is 23.7. The number of likely N-dealkylation sites (tertiary alicyclic amines) is 1. The van der Waals surface area contributed by atoms with E-state index >= 15 is 0 Å². The molecule has 3 N–H and O–H groups in total. The standard InChI is InChI=1S/C17H24N4O2/c1-11-16(22)19-14-9-13(3-4-15(14)20(11)2)17(23)21-8-6-12(10-21)5-7-18/h3-4,9,11-12H,5-8,10,18H2,1-2H3,(H,19,22). The van der Waals surface area contributed by atoms with E-state index in [1.165, 1.54) is 0 Å². The van der Waals surface area contributed by atoms with Crippen molar-refractivity contribution in [1.82, 2.24) is 4.90 Å². The Kier molecular flexibility index (Phi) is 4.26. The maximum atomic E-state index is 12.7. The molecule has 1 fully saturated rings. The summed E-state index contributed by atoms with van der Waals surface area (Å²) in [4.78, 5) is 28.5. The van der Waals surface area contributed by atoms with E-state index in [2.05, 4.69) is 5.32 Å². The average molecular weight is 316 g/mol. The number of likely N-dealkylation sites (N-methyl/N-ethyl adjacent to an activating group) is 1. The molecule has 0 aromatic heterocycles. The number of carbonyl (C=O) groups is 2. The zero-order valence-corrected chi connectivity index (χ0v) is 13.7. The van der Waals surface area contributed by atoms with Gasteiger partial charge in [-0.3, -0.25) is 9.59 Å². The van der Waals surface area contributed by atoms with Crippen molar-refractivity contribution in [3.05, 3.63) is 23.8 Å². The molecule has 2 amide bonds. The molecule has 124 valence electrons. The molecular formula is C17H24N4O2. The Morgan fingerprint density at radius 2 is 2.22 bits per heavy atom. The van der Waals surface area contributed by atoms with Crippen LogP contribution < -0.4 is 16.0 Å². The van der Waals surface area contributed by atoms with E-state index in [1.54, 1.807) is 6.07 Å². The number of rotatable bonds is 3. The number of fused-ring (bicyclic) bond motifs is 1. The molecule has 0 spiro atoms. The Morgan fingerprint density at radius 3 is 2.96 bits per heavy atom. The van der Waals surface area contributed by atoms with E-state index in [1.807, 2.05) is 35.9 Å². The highest BCUT2D eigenvalue weighted by atomic mass is 16.2. The van der Waals surface area contributed by atoms with Gasteiger partial charge in [0.15, 0.2) is 0 Å². The monoisotopic (exact) mass is 316 g/mol. The van der Waals surface area contributed by atoms with Gasteiger partial charge in [0.25, 0.3) is 5.91 Å². The van der Waals surface area contributed by atoms with Crippen molar-refractivity contribution in [2.45, 2.75) is 25.8 Å². The summed E-state index contributed by atoms with van der Waals surface area (Å²) in [5, 5.41) is 2.89. The summed E-state index contributed by atoms with van der Waals surface area (Å²) in [6, 6.07) is 5.33. The second kappa shape index (κ2) is 6.20. The molecule has 23 heavy (non-hydrogen) atoms. The second-order valence-electron chi connectivity index (χ2n) is 6.49. The van der Waals surface area contributed by atoms with Gasteiger partial charge in [0, 0.05) is 25.7 Å². The first kappa shape index (κ1) is 15.8. The van der Waals surface area contributed by atoms with Gasteiger partial charge in [0.2, 0.25) is 5.91 Å². The lowest BCUT2D eigenvalue weighted by Crippen LogP contribution is -2.44. The molecule has 2 aliphatic rings. The van der Waals surface area contributed by atoms with Crippen LogP contribution in [0.2, 0.25) is 0 Å². The lowest BCUT2D eigenvalue weighted by Gasteiger charge is -2.33. The SMILES string of the molecule is CC1C(=O)Nc2cc(C(=O)N3CCC(CCN)C3)ccc2N1C. The molecule has 2 aliphatic heterocycles. The van der Waals surface area contributed by atoms with Gasteiger partial charge in [-0.15, -0.1) is 0 Å². The zero-order chi connectivity index (χ0) is 16.6. The van der Waals surface area contributed by atoms with Crippen molar-refractivity contribution in [3.63, 3.8) is 0 Å². The summed E-state index contributed by atoms with van der Waals surface area (Å²) in [5.74, 6) is 0.491. The number of hydrogen-bond donors (Lipinski definition) is 2. The largest absolute Gasteiger partial charge is 0.361 e. The van der Waals surface area contributed by atoms with Crippen LogP contribution in [-0.4, -0.2) is 49.4 Å². The molecule has 0 saturated carbocycles. The number of nitrogens with one attached hydrogen (secondary N) is 1. The van der Waals surface area contributed by atoms with Crippen LogP contribution in [0.25, 0.3) is 0 Å². The highest BCUT2D eigenvalue weighted by Gasteiger charge is 2.30. The van der Waals surface area contributed by atoms with Gasteiger partial charge in [0.1, 0.15) is 6.04 Å². The Bertz CT molecular complexity index is 631. The Hall–Kier alpha value is -2.08. The Morgan fingerprint density at radius 1 is 1.43 bits per heavy atom. The third-order valence-corrected chi connectivity index (χ3v) is 4.99. The van der Waals surface area contributed by atoms with E-state index in [0.717, 1.165) is 31.6 Å². The van der Waals surface area contributed by atoms with Crippen LogP contribution in [0.4, 0.5) is 11.4 Å². The van der Waals surface area contributed by atoms with Crippen molar-refractivity contribution in [3.8, 4) is 0 Å². The molecule has 3 rings (SSSR count). The lowest BCUT2D eigenvalue weighted by atomic mass is 10.1. The summed E-state index contributed by atoms with van der Waals surface area (Å²) in [6.45, 7) is 4.08. The minimum atomic E-state index is -0.209. The third kappa shape index (κ3) is 2.91. The first-order valence-corrected chi connectivity index (χ1v) is 8.18. The number of nitrogens with zero attached hydrogens (tertiary/aromatic N) is 2. The van der Waals surface area contributed by atoms with Crippen LogP contribution in [0.15, 0.2) is 18.2 Å². The van der Waals surface area contributed by atoms with Crippen LogP contribution >= 0.6 is 0 Å². The van der Waals surface area contributed by atoms with Gasteiger partial charge in [-0.25, -0.2) is 0 Å². The Balaban J connectivity index is 1.78. The van der Waals surface area contributed by atoms with Crippen molar-refractivity contribution < 1.29 is 9.59 Å². The Labute approximate surface area is 136 Å². The minimum absolute atomic E-state index is 0.0304. The summed E-state index contributed by atoms with van der Waals surface area (Å²) >= 11 is 0. The highest BCUT2D eigenvalue weighted by Crippen LogP contribution is 2.32. The number of hydrogen-bond acceptors (Lipinski definition) is 4. The van der Waals surface area contributed by atoms with E-state index in [4.69, 9.17) is 5.73 Å².